The first-order chi connectivity index (χ1) is 29.1. The highest BCUT2D eigenvalue weighted by molar-refractivity contribution is 5.92. The molecule has 3 aliphatic heterocycles. The quantitative estimate of drug-likeness (QED) is 0.132. The molecule has 1 unspecified atom stereocenters. The number of fused-ring (bicyclic) bond motifs is 3. The Labute approximate surface area is 362 Å². The van der Waals surface area contributed by atoms with Gasteiger partial charge in [-0.1, -0.05) is 41.5 Å². The molecule has 3 N–H and O–H groups in total. The van der Waals surface area contributed by atoms with Crippen molar-refractivity contribution in [2.24, 2.45) is 34.0 Å². The van der Waals surface area contributed by atoms with Gasteiger partial charge in [0.25, 0.3) is 5.97 Å². The standard InChI is InChI=1S/C44H56O19/c1-13-37(8,52)35(51)60-33-36(7)18-41-39(10,24(36)16-25(48)54-12)44-31(57-21(5)46)30(56-20(4)45)38(9)28(26(27(49)19(2)3)32(50)59-29(38)23-14-15-55-17-23)43(44,62-40(11,61-41)63-44)34(42(33,41)53)58-22(6)47/h14-15,17,19,24,28-31,33-34,49,52-53H,13,16,18H2,1-12H3/b27-26-/t24-,28+,29-,30-,31+,33-,34+,36-,37?,38+,39+,40+,41+,42-,43+,44-/m0/s1. The van der Waals surface area contributed by atoms with Crippen LogP contribution in [-0.4, -0.2) is 117 Å². The Morgan fingerprint density at radius 2 is 1.54 bits per heavy atom. The number of carbonyl (C=O) groups excluding carboxylic acids is 6. The summed E-state index contributed by atoms with van der Waals surface area (Å²) in [5, 5.41) is 38.0. The maximum absolute atomic E-state index is 15.0. The van der Waals surface area contributed by atoms with Crippen molar-refractivity contribution in [1.82, 2.24) is 0 Å². The van der Waals surface area contributed by atoms with Crippen molar-refractivity contribution in [2.45, 2.75) is 160 Å². The van der Waals surface area contributed by atoms with E-state index in [1.165, 1.54) is 39.4 Å². The van der Waals surface area contributed by atoms with Crippen LogP contribution in [0.4, 0.5) is 0 Å². The molecule has 2 spiro atoms. The van der Waals surface area contributed by atoms with Gasteiger partial charge in [0.15, 0.2) is 40.7 Å². The summed E-state index contributed by atoms with van der Waals surface area (Å²) >= 11 is 0. The summed E-state index contributed by atoms with van der Waals surface area (Å²) in [5.74, 6) is -12.6. The van der Waals surface area contributed by atoms with Crippen LogP contribution in [0.1, 0.15) is 107 Å². The van der Waals surface area contributed by atoms with Gasteiger partial charge >= 0.3 is 35.8 Å². The lowest BCUT2D eigenvalue weighted by molar-refractivity contribution is -0.490. The zero-order valence-corrected chi connectivity index (χ0v) is 37.3. The van der Waals surface area contributed by atoms with Crippen LogP contribution in [0.25, 0.3) is 0 Å². The minimum Gasteiger partial charge on any atom is -0.511 e. The summed E-state index contributed by atoms with van der Waals surface area (Å²) in [6.07, 6.45) is -7.39. The first-order valence-corrected chi connectivity index (χ1v) is 21.1. The fourth-order valence-corrected chi connectivity index (χ4v) is 13.8. The Morgan fingerprint density at radius 3 is 2.08 bits per heavy atom. The van der Waals surface area contributed by atoms with E-state index in [1.54, 1.807) is 34.6 Å². The minimum absolute atomic E-state index is 0.129. The summed E-state index contributed by atoms with van der Waals surface area (Å²) in [6, 6.07) is 1.49. The van der Waals surface area contributed by atoms with E-state index in [0.29, 0.717) is 0 Å². The van der Waals surface area contributed by atoms with Gasteiger partial charge in [-0.05, 0) is 31.7 Å². The van der Waals surface area contributed by atoms with Gasteiger partial charge in [0.2, 0.25) is 0 Å². The van der Waals surface area contributed by atoms with Crippen LogP contribution in [0.15, 0.2) is 34.3 Å². The Bertz CT molecular complexity index is 2210. The first-order valence-electron chi connectivity index (χ1n) is 21.1. The van der Waals surface area contributed by atoms with E-state index in [-0.39, 0.29) is 18.4 Å². The summed E-state index contributed by atoms with van der Waals surface area (Å²) in [6.45, 7) is 15.3. The Balaban J connectivity index is 1.62. The first kappa shape index (κ1) is 45.0. The van der Waals surface area contributed by atoms with Crippen molar-refractivity contribution in [3.8, 4) is 0 Å². The molecule has 7 fully saturated rings. The summed E-state index contributed by atoms with van der Waals surface area (Å²) in [7, 11) is 1.16. The molecule has 4 bridgehead atoms. The summed E-state index contributed by atoms with van der Waals surface area (Å²) in [5.41, 5.74) is -17.9. The third-order valence-corrected chi connectivity index (χ3v) is 15.9. The van der Waals surface area contributed by atoms with Crippen LogP contribution >= 0.6 is 0 Å². The predicted octanol–water partition coefficient (Wildman–Crippen LogP) is 3.17. The van der Waals surface area contributed by atoms with Crippen LogP contribution in [-0.2, 0) is 71.4 Å². The second-order valence-corrected chi connectivity index (χ2v) is 19.6. The fraction of sp³-hybridized carbons (Fsp3) is 0.727. The number of carbonyl (C=O) groups is 6. The number of methoxy groups -OCH3 is 1. The average molecular weight is 889 g/mol. The highest BCUT2D eigenvalue weighted by Gasteiger charge is 3.07. The molecule has 63 heavy (non-hydrogen) atoms. The van der Waals surface area contributed by atoms with E-state index in [1.807, 2.05) is 0 Å². The van der Waals surface area contributed by atoms with Crippen molar-refractivity contribution in [2.75, 3.05) is 7.11 Å². The third kappa shape index (κ3) is 5.03. The van der Waals surface area contributed by atoms with Gasteiger partial charge in [0, 0.05) is 62.3 Å². The smallest absolute Gasteiger partial charge is 0.338 e. The number of hydrogen-bond donors (Lipinski definition) is 3. The SMILES string of the molecule is CCC(C)(O)C(=O)O[C@H]1[C@@]2(C)C[C@@]34O[C@]5(C)O[C@]6([C@@H]7/C(=C(/O)C(C)C)C(=O)O[C@@H](c8ccoc8)[C@]7(C)[C@@H](OC(C)=O)[C@@H](OC(C)=O)[C@]6(O5)[C@]3(C)[C@H]2CC(=O)OC)[C@H](OC(C)=O)[C@@]14O. The highest BCUT2D eigenvalue weighted by atomic mass is 16.9. The number of furan rings is 1. The van der Waals surface area contributed by atoms with Crippen molar-refractivity contribution in [3.05, 3.63) is 35.5 Å². The van der Waals surface area contributed by atoms with Crippen LogP contribution in [0.3, 0.4) is 0 Å². The van der Waals surface area contributed by atoms with Gasteiger partial charge in [0.1, 0.15) is 23.6 Å². The normalized spacial score (nSPS) is 46.5. The number of cyclic esters (lactones) is 1. The van der Waals surface area contributed by atoms with Gasteiger partial charge in [0.05, 0.1) is 30.6 Å². The Kier molecular flexibility index (Phi) is 9.64. The van der Waals surface area contributed by atoms with Gasteiger partial charge in [-0.15, -0.1) is 0 Å². The summed E-state index contributed by atoms with van der Waals surface area (Å²) in [4.78, 5) is 84.3. The number of hydrogen-bond acceptors (Lipinski definition) is 19. The van der Waals surface area contributed by atoms with Gasteiger partial charge in [-0.3, -0.25) is 19.2 Å². The molecule has 0 aromatic carbocycles. The van der Waals surface area contributed by atoms with Crippen LogP contribution in [0.5, 0.6) is 0 Å². The molecule has 4 aliphatic carbocycles. The molecule has 7 aliphatic rings. The lowest BCUT2D eigenvalue weighted by Gasteiger charge is -2.78. The van der Waals surface area contributed by atoms with Gasteiger partial charge in [-0.25, -0.2) is 9.59 Å². The van der Waals surface area contributed by atoms with Gasteiger partial charge in [-0.2, -0.15) is 0 Å². The molecule has 16 atom stereocenters. The molecule has 346 valence electrons. The monoisotopic (exact) mass is 888 g/mol. The number of rotatable bonds is 10. The minimum atomic E-state index is -2.76. The number of allylic oxidation sites excluding steroid dienone is 1. The number of aliphatic hydroxyl groups is 3. The number of esters is 6. The Hall–Kier alpha value is -4.56. The van der Waals surface area contributed by atoms with Crippen molar-refractivity contribution >= 4 is 35.8 Å². The average Bonchev–Trinajstić information content (AvgIpc) is 3.89. The lowest BCUT2D eigenvalue weighted by Crippen LogP contribution is -2.97. The molecule has 19 nitrogen and oxygen atoms in total. The lowest BCUT2D eigenvalue weighted by atomic mass is 9.32. The van der Waals surface area contributed by atoms with Crippen LogP contribution in [0.2, 0.25) is 0 Å². The molecule has 4 heterocycles. The van der Waals surface area contributed by atoms with Crippen LogP contribution < -0.4 is 0 Å². The van der Waals surface area contributed by atoms with Crippen molar-refractivity contribution < 1.29 is 91.1 Å². The second-order valence-electron chi connectivity index (χ2n) is 19.6. The topological polar surface area (TPSA) is 259 Å². The molecule has 8 rings (SSSR count). The van der Waals surface area contributed by atoms with E-state index >= 15 is 0 Å². The van der Waals surface area contributed by atoms with Crippen molar-refractivity contribution in [1.29, 1.82) is 0 Å². The molecular formula is C44H56O19. The zero-order valence-electron chi connectivity index (χ0n) is 37.3. The second kappa shape index (κ2) is 13.5. The largest absolute Gasteiger partial charge is 0.511 e. The molecule has 3 saturated heterocycles. The molecule has 1 aromatic rings. The Morgan fingerprint density at radius 1 is 0.921 bits per heavy atom. The molecule has 0 amide bonds. The van der Waals surface area contributed by atoms with Gasteiger partial charge < -0.3 is 62.4 Å². The maximum Gasteiger partial charge on any atom is 0.338 e. The zero-order chi connectivity index (χ0) is 46.6. The summed E-state index contributed by atoms with van der Waals surface area (Å²) < 4.78 is 64.0. The predicted molar refractivity (Wildman–Crippen MR) is 207 cm³/mol. The third-order valence-electron chi connectivity index (χ3n) is 15.9. The maximum atomic E-state index is 15.0. The van der Waals surface area contributed by atoms with E-state index in [2.05, 4.69) is 0 Å². The molecule has 4 saturated carbocycles. The highest BCUT2D eigenvalue weighted by Crippen LogP contribution is 2.90. The van der Waals surface area contributed by atoms with Crippen LogP contribution in [0, 0.1) is 34.0 Å². The van der Waals surface area contributed by atoms with E-state index < -0.39 is 152 Å². The molecule has 0 radical (unpaired) electrons. The number of aliphatic hydroxyl groups excluding tert-OH is 1. The van der Waals surface area contributed by atoms with Crippen molar-refractivity contribution in [3.63, 3.8) is 0 Å². The number of ether oxygens (including phenoxy) is 9. The van der Waals surface area contributed by atoms with E-state index in [0.717, 1.165) is 27.9 Å². The molecule has 1 aromatic heterocycles. The van der Waals surface area contributed by atoms with E-state index in [4.69, 9.17) is 47.0 Å². The molecule has 19 heteroatoms. The van der Waals surface area contributed by atoms with E-state index in [9.17, 15) is 44.1 Å². The molecular weight excluding hydrogens is 832 g/mol. The fourth-order valence-electron chi connectivity index (χ4n) is 13.8.